The molecule has 0 spiro atoms. The number of primary sulfonamides is 1. The van der Waals surface area contributed by atoms with Gasteiger partial charge in [0.2, 0.25) is 10.0 Å². The van der Waals surface area contributed by atoms with Crippen LogP contribution in [-0.2, 0) is 14.8 Å². The third-order valence-electron chi connectivity index (χ3n) is 4.57. The first-order valence-corrected chi connectivity index (χ1v) is 9.65. The molecule has 1 aliphatic rings. The van der Waals surface area contributed by atoms with E-state index in [-0.39, 0.29) is 10.9 Å². The molecule has 134 valence electrons. The van der Waals surface area contributed by atoms with Crippen molar-refractivity contribution in [2.24, 2.45) is 5.14 Å². The molecule has 1 saturated heterocycles. The second kappa shape index (κ2) is 7.21. The van der Waals surface area contributed by atoms with Crippen molar-refractivity contribution in [3.8, 4) is 11.1 Å². The molecule has 7 heteroatoms. The molecule has 25 heavy (non-hydrogen) atoms. The van der Waals surface area contributed by atoms with E-state index in [0.29, 0.717) is 11.1 Å². The van der Waals surface area contributed by atoms with Gasteiger partial charge in [-0.25, -0.2) is 17.9 Å². The zero-order valence-corrected chi connectivity index (χ0v) is 14.8. The molecule has 0 unspecified atom stereocenters. The fourth-order valence-corrected chi connectivity index (χ4v) is 3.55. The van der Waals surface area contributed by atoms with Crippen molar-refractivity contribution >= 4 is 10.0 Å². The van der Waals surface area contributed by atoms with E-state index in [0.717, 1.165) is 37.9 Å². The highest BCUT2D eigenvalue weighted by atomic mass is 32.2. The van der Waals surface area contributed by atoms with Crippen LogP contribution in [0.2, 0.25) is 0 Å². The van der Waals surface area contributed by atoms with Gasteiger partial charge < -0.3 is 4.74 Å². The van der Waals surface area contributed by atoms with Gasteiger partial charge in [0.15, 0.2) is 0 Å². The molecule has 0 aromatic heterocycles. The zero-order chi connectivity index (χ0) is 18.0. The molecule has 2 aromatic carbocycles. The summed E-state index contributed by atoms with van der Waals surface area (Å²) in [5.41, 5.74) is 2.18. The Morgan fingerprint density at radius 2 is 1.76 bits per heavy atom. The van der Waals surface area contributed by atoms with Crippen LogP contribution in [-0.4, -0.2) is 39.6 Å². The highest BCUT2D eigenvalue weighted by Crippen LogP contribution is 2.28. The van der Waals surface area contributed by atoms with Gasteiger partial charge in [-0.2, -0.15) is 0 Å². The van der Waals surface area contributed by atoms with E-state index in [9.17, 15) is 12.8 Å². The molecule has 0 saturated carbocycles. The van der Waals surface area contributed by atoms with Crippen molar-refractivity contribution in [3.63, 3.8) is 0 Å². The molecule has 1 heterocycles. The number of ether oxygens (including phenoxy) is 1. The van der Waals surface area contributed by atoms with Gasteiger partial charge in [-0.15, -0.1) is 0 Å². The number of morpholine rings is 1. The van der Waals surface area contributed by atoms with E-state index >= 15 is 0 Å². The Bertz CT molecular complexity index is 847. The van der Waals surface area contributed by atoms with E-state index in [1.165, 1.54) is 12.1 Å². The number of nitrogens with zero attached hydrogens (tertiary/aromatic N) is 1. The Kier molecular flexibility index (Phi) is 5.19. The minimum atomic E-state index is -3.91. The maximum atomic E-state index is 14.3. The van der Waals surface area contributed by atoms with Gasteiger partial charge >= 0.3 is 0 Å². The third kappa shape index (κ3) is 4.07. The Labute approximate surface area is 147 Å². The molecule has 3 rings (SSSR count). The van der Waals surface area contributed by atoms with Crippen LogP contribution in [0.5, 0.6) is 0 Å². The van der Waals surface area contributed by atoms with Gasteiger partial charge in [-0.1, -0.05) is 30.3 Å². The van der Waals surface area contributed by atoms with Crippen LogP contribution in [0.3, 0.4) is 0 Å². The molecule has 2 aromatic rings. The highest BCUT2D eigenvalue weighted by Gasteiger charge is 2.19. The molecule has 0 amide bonds. The average Bonchev–Trinajstić information content (AvgIpc) is 2.61. The molecule has 2 N–H and O–H groups in total. The molecule has 0 bridgehead atoms. The van der Waals surface area contributed by atoms with E-state index in [1.54, 1.807) is 0 Å². The fourth-order valence-electron chi connectivity index (χ4n) is 3.02. The van der Waals surface area contributed by atoms with E-state index in [2.05, 4.69) is 11.8 Å². The molecule has 1 fully saturated rings. The van der Waals surface area contributed by atoms with Gasteiger partial charge in [0.05, 0.1) is 18.1 Å². The summed E-state index contributed by atoms with van der Waals surface area (Å²) in [5.74, 6) is -0.611. The maximum absolute atomic E-state index is 14.3. The minimum absolute atomic E-state index is 0.230. The van der Waals surface area contributed by atoms with E-state index < -0.39 is 15.8 Å². The summed E-state index contributed by atoms with van der Waals surface area (Å²) in [6.07, 6.45) is 0. The number of halogens is 1. The van der Waals surface area contributed by atoms with Crippen LogP contribution in [0.15, 0.2) is 47.4 Å². The van der Waals surface area contributed by atoms with Crippen molar-refractivity contribution < 1.29 is 17.5 Å². The van der Waals surface area contributed by atoms with Crippen LogP contribution in [0.25, 0.3) is 11.1 Å². The number of hydrogen-bond acceptors (Lipinski definition) is 4. The number of rotatable bonds is 4. The van der Waals surface area contributed by atoms with E-state index in [4.69, 9.17) is 9.88 Å². The monoisotopic (exact) mass is 364 g/mol. The summed E-state index contributed by atoms with van der Waals surface area (Å²) in [5, 5.41) is 5.03. The maximum Gasteiger partial charge on any atom is 0.238 e. The summed E-state index contributed by atoms with van der Waals surface area (Å²) >= 11 is 0. The Balaban J connectivity index is 1.82. The van der Waals surface area contributed by atoms with Gasteiger partial charge in [0, 0.05) is 24.7 Å². The lowest BCUT2D eigenvalue weighted by molar-refractivity contribution is 0.0198. The summed E-state index contributed by atoms with van der Waals surface area (Å²) < 4.78 is 42.2. The number of nitrogens with two attached hydrogens (primary N) is 1. The highest BCUT2D eigenvalue weighted by molar-refractivity contribution is 7.89. The first-order valence-electron chi connectivity index (χ1n) is 8.11. The van der Waals surface area contributed by atoms with Crippen LogP contribution in [0.1, 0.15) is 18.5 Å². The zero-order valence-electron chi connectivity index (χ0n) is 14.0. The van der Waals surface area contributed by atoms with Crippen LogP contribution in [0.4, 0.5) is 4.39 Å². The first kappa shape index (κ1) is 18.0. The van der Waals surface area contributed by atoms with Gasteiger partial charge in [0.1, 0.15) is 5.82 Å². The molecule has 0 radical (unpaired) electrons. The first-order chi connectivity index (χ1) is 11.9. The quantitative estimate of drug-likeness (QED) is 0.905. The predicted molar refractivity (Wildman–Crippen MR) is 94.0 cm³/mol. The standard InChI is InChI=1S/C18H21FN2O3S/c1-13(21-8-10-24-11-9-21)14-2-4-15(5-3-14)17-7-6-16(12-18(17)19)25(20,22)23/h2-7,12-13H,8-11H2,1H3,(H2,20,22,23)/t13-/m1/s1. The lowest BCUT2D eigenvalue weighted by Crippen LogP contribution is -2.37. The lowest BCUT2D eigenvalue weighted by Gasteiger charge is -2.32. The van der Waals surface area contributed by atoms with E-state index in [1.807, 2.05) is 24.3 Å². The lowest BCUT2D eigenvalue weighted by atomic mass is 10.00. The SMILES string of the molecule is C[C@H](c1ccc(-c2ccc(S(N)(=O)=O)cc2F)cc1)N1CCOCC1. The summed E-state index contributed by atoms with van der Waals surface area (Å²) in [6, 6.07) is 11.6. The molecular formula is C18H21FN2O3S. The predicted octanol–water partition coefficient (Wildman–Crippen LogP) is 2.53. The number of benzene rings is 2. The van der Waals surface area contributed by atoms with Crippen molar-refractivity contribution in [2.75, 3.05) is 26.3 Å². The molecular weight excluding hydrogens is 343 g/mol. The Hall–Kier alpha value is -1.80. The van der Waals surface area contributed by atoms with Crippen LogP contribution >= 0.6 is 0 Å². The Morgan fingerprint density at radius 1 is 1.12 bits per heavy atom. The van der Waals surface area contributed by atoms with Crippen molar-refractivity contribution in [2.45, 2.75) is 17.9 Å². The van der Waals surface area contributed by atoms with Crippen molar-refractivity contribution in [1.82, 2.24) is 4.90 Å². The fraction of sp³-hybridized carbons (Fsp3) is 0.333. The summed E-state index contributed by atoms with van der Waals surface area (Å²) in [7, 11) is -3.91. The smallest absolute Gasteiger partial charge is 0.238 e. The van der Waals surface area contributed by atoms with Crippen molar-refractivity contribution in [3.05, 3.63) is 53.8 Å². The normalized spacial score (nSPS) is 17.4. The number of hydrogen-bond donors (Lipinski definition) is 1. The largest absolute Gasteiger partial charge is 0.379 e. The third-order valence-corrected chi connectivity index (χ3v) is 5.48. The second-order valence-corrected chi connectivity index (χ2v) is 7.69. The van der Waals surface area contributed by atoms with Gasteiger partial charge in [0.25, 0.3) is 0 Å². The summed E-state index contributed by atoms with van der Waals surface area (Å²) in [4.78, 5) is 2.12. The number of sulfonamides is 1. The second-order valence-electron chi connectivity index (χ2n) is 6.13. The van der Waals surface area contributed by atoms with Crippen LogP contribution in [0, 0.1) is 5.82 Å². The average molecular weight is 364 g/mol. The molecule has 5 nitrogen and oxygen atoms in total. The van der Waals surface area contributed by atoms with Crippen LogP contribution < -0.4 is 5.14 Å². The molecule has 1 atom stereocenters. The van der Waals surface area contributed by atoms with Crippen molar-refractivity contribution in [1.29, 1.82) is 0 Å². The summed E-state index contributed by atoms with van der Waals surface area (Å²) in [6.45, 7) is 5.41. The molecule has 0 aliphatic carbocycles. The topological polar surface area (TPSA) is 72.6 Å². The molecule has 1 aliphatic heterocycles. The van der Waals surface area contributed by atoms with Gasteiger partial charge in [-0.3, -0.25) is 4.90 Å². The van der Waals surface area contributed by atoms with Gasteiger partial charge in [-0.05, 0) is 30.2 Å². The Morgan fingerprint density at radius 3 is 2.32 bits per heavy atom. The minimum Gasteiger partial charge on any atom is -0.379 e.